The van der Waals surface area contributed by atoms with Crippen LogP contribution in [0.2, 0.25) is 0 Å². The lowest BCUT2D eigenvalue weighted by Gasteiger charge is -2.16. The average Bonchev–Trinajstić information content (AvgIpc) is 3.15. The van der Waals surface area contributed by atoms with Crippen molar-refractivity contribution in [2.24, 2.45) is 0 Å². The van der Waals surface area contributed by atoms with E-state index in [9.17, 15) is 5.26 Å². The monoisotopic (exact) mass is 584 g/mol. The van der Waals surface area contributed by atoms with E-state index in [2.05, 4.69) is 140 Å². The molecule has 0 fully saturated rings. The number of nitriles is 1. The smallest absolute Gasteiger partial charge is 0.0991 e. The zero-order chi connectivity index (χ0) is 30.9. The van der Waals surface area contributed by atoms with Crippen LogP contribution in [-0.2, 0) is 0 Å². The van der Waals surface area contributed by atoms with Gasteiger partial charge in [0, 0.05) is 16.3 Å². The van der Waals surface area contributed by atoms with Crippen LogP contribution < -0.4 is 0 Å². The van der Waals surface area contributed by atoms with E-state index in [1.165, 1.54) is 27.8 Å². The SMILES string of the molecule is N#Cc1ccc(-c2cc(-c3ccc(-c4ccccc4)cc3)nc3c2cc(-c2ccc(-c4ccccc4)cc2)c2ccccc23)cc1. The number of hydrogen-bond acceptors (Lipinski definition) is 2. The van der Waals surface area contributed by atoms with Crippen LogP contribution in [0.15, 0.2) is 170 Å². The Morgan fingerprint density at radius 1 is 0.370 bits per heavy atom. The number of benzene rings is 7. The highest BCUT2D eigenvalue weighted by atomic mass is 14.7. The molecule has 0 saturated heterocycles. The standard InChI is InChI=1S/C44H28N2/c45-29-30-15-17-35(18-16-30)41-28-43(37-25-21-34(22-26-37)32-11-5-2-6-12-32)46-44-39-14-8-7-13-38(39)40(27-42(41)44)36-23-19-33(20-24-36)31-9-3-1-4-10-31/h1-28H. The molecule has 2 heteroatoms. The van der Waals surface area contributed by atoms with Crippen LogP contribution in [0.5, 0.6) is 0 Å². The van der Waals surface area contributed by atoms with Gasteiger partial charge in [-0.15, -0.1) is 0 Å². The van der Waals surface area contributed by atoms with Gasteiger partial charge < -0.3 is 0 Å². The molecule has 1 heterocycles. The topological polar surface area (TPSA) is 36.7 Å². The van der Waals surface area contributed by atoms with Gasteiger partial charge in [0.05, 0.1) is 22.8 Å². The summed E-state index contributed by atoms with van der Waals surface area (Å²) in [6.07, 6.45) is 0. The van der Waals surface area contributed by atoms with Crippen LogP contribution in [0, 0.1) is 11.3 Å². The van der Waals surface area contributed by atoms with Crippen molar-refractivity contribution in [3.8, 4) is 61.8 Å². The van der Waals surface area contributed by atoms with Gasteiger partial charge in [-0.3, -0.25) is 0 Å². The largest absolute Gasteiger partial charge is 0.247 e. The summed E-state index contributed by atoms with van der Waals surface area (Å²) in [5.74, 6) is 0. The highest BCUT2D eigenvalue weighted by Crippen LogP contribution is 2.40. The average molecular weight is 585 g/mol. The third kappa shape index (κ3) is 5.01. The molecule has 7 aromatic carbocycles. The lowest BCUT2D eigenvalue weighted by atomic mass is 9.90. The highest BCUT2D eigenvalue weighted by molar-refractivity contribution is 6.16. The van der Waals surface area contributed by atoms with Crippen molar-refractivity contribution in [3.63, 3.8) is 0 Å². The van der Waals surface area contributed by atoms with Gasteiger partial charge in [0.25, 0.3) is 0 Å². The van der Waals surface area contributed by atoms with Gasteiger partial charge in [-0.2, -0.15) is 5.26 Å². The molecular formula is C44H28N2. The van der Waals surface area contributed by atoms with Crippen LogP contribution in [-0.4, -0.2) is 4.98 Å². The Morgan fingerprint density at radius 3 is 1.37 bits per heavy atom. The molecule has 0 aliphatic rings. The van der Waals surface area contributed by atoms with E-state index in [-0.39, 0.29) is 0 Å². The molecule has 0 bridgehead atoms. The summed E-state index contributed by atoms with van der Waals surface area (Å²) >= 11 is 0. The van der Waals surface area contributed by atoms with E-state index < -0.39 is 0 Å². The van der Waals surface area contributed by atoms with Gasteiger partial charge in [0.2, 0.25) is 0 Å². The predicted octanol–water partition coefficient (Wildman–Crippen LogP) is 11.6. The highest BCUT2D eigenvalue weighted by Gasteiger charge is 2.16. The van der Waals surface area contributed by atoms with Crippen molar-refractivity contribution in [2.45, 2.75) is 0 Å². The van der Waals surface area contributed by atoms with Crippen LogP contribution in [0.4, 0.5) is 0 Å². The minimum Gasteiger partial charge on any atom is -0.247 e. The molecule has 0 atom stereocenters. The molecule has 46 heavy (non-hydrogen) atoms. The quantitative estimate of drug-likeness (QED) is 0.189. The summed E-state index contributed by atoms with van der Waals surface area (Å²) < 4.78 is 0. The third-order valence-electron chi connectivity index (χ3n) is 8.74. The van der Waals surface area contributed by atoms with Gasteiger partial charge in [-0.1, -0.05) is 146 Å². The molecule has 0 saturated carbocycles. The Morgan fingerprint density at radius 2 is 0.804 bits per heavy atom. The molecule has 0 aliphatic carbocycles. The molecule has 0 unspecified atom stereocenters. The van der Waals surface area contributed by atoms with Crippen molar-refractivity contribution in [2.75, 3.05) is 0 Å². The van der Waals surface area contributed by atoms with E-state index >= 15 is 0 Å². The van der Waals surface area contributed by atoms with Gasteiger partial charge in [-0.25, -0.2) is 4.98 Å². The number of aromatic nitrogens is 1. The third-order valence-corrected chi connectivity index (χ3v) is 8.74. The number of nitrogens with zero attached hydrogens (tertiary/aromatic N) is 2. The minimum atomic E-state index is 0.642. The predicted molar refractivity (Wildman–Crippen MR) is 191 cm³/mol. The molecule has 0 N–H and O–H groups in total. The maximum Gasteiger partial charge on any atom is 0.0991 e. The second-order valence-electron chi connectivity index (χ2n) is 11.5. The Kier molecular flexibility index (Phi) is 6.91. The van der Waals surface area contributed by atoms with Crippen LogP contribution >= 0.6 is 0 Å². The molecule has 8 rings (SSSR count). The van der Waals surface area contributed by atoms with Gasteiger partial charge in [-0.05, 0) is 74.2 Å². The van der Waals surface area contributed by atoms with Crippen LogP contribution in [0.3, 0.4) is 0 Å². The first-order chi connectivity index (χ1) is 22.7. The van der Waals surface area contributed by atoms with Crippen molar-refractivity contribution in [1.82, 2.24) is 4.98 Å². The number of hydrogen-bond donors (Lipinski definition) is 0. The van der Waals surface area contributed by atoms with Crippen LogP contribution in [0.25, 0.3) is 77.4 Å². The first kappa shape index (κ1) is 27.3. The Labute approximate surface area is 268 Å². The summed E-state index contributed by atoms with van der Waals surface area (Å²) in [4.78, 5) is 5.33. The van der Waals surface area contributed by atoms with Gasteiger partial charge in [0.15, 0.2) is 0 Å². The van der Waals surface area contributed by atoms with E-state index in [0.29, 0.717) is 5.56 Å². The van der Waals surface area contributed by atoms with E-state index in [0.717, 1.165) is 49.6 Å². The molecular weight excluding hydrogens is 556 g/mol. The molecule has 0 spiro atoms. The maximum atomic E-state index is 9.48. The molecule has 214 valence electrons. The van der Waals surface area contributed by atoms with E-state index in [1.807, 2.05) is 36.4 Å². The molecule has 2 nitrogen and oxygen atoms in total. The van der Waals surface area contributed by atoms with E-state index in [1.54, 1.807) is 0 Å². The Hall–Kier alpha value is -6.30. The minimum absolute atomic E-state index is 0.642. The van der Waals surface area contributed by atoms with Gasteiger partial charge in [0.1, 0.15) is 0 Å². The lowest BCUT2D eigenvalue weighted by molar-refractivity contribution is 1.41. The number of fused-ring (bicyclic) bond motifs is 3. The molecule has 1 aromatic heterocycles. The molecule has 0 amide bonds. The first-order valence-electron chi connectivity index (χ1n) is 15.4. The normalized spacial score (nSPS) is 11.0. The van der Waals surface area contributed by atoms with Gasteiger partial charge >= 0.3 is 0 Å². The zero-order valence-electron chi connectivity index (χ0n) is 25.1. The summed E-state index contributed by atoms with van der Waals surface area (Å²) in [5, 5.41) is 12.8. The van der Waals surface area contributed by atoms with Crippen molar-refractivity contribution >= 4 is 21.7 Å². The Balaban J connectivity index is 1.33. The number of rotatable bonds is 5. The van der Waals surface area contributed by atoms with Crippen molar-refractivity contribution < 1.29 is 0 Å². The zero-order valence-corrected chi connectivity index (χ0v) is 25.1. The summed E-state index contributed by atoms with van der Waals surface area (Å²) in [7, 11) is 0. The second kappa shape index (κ2) is 11.7. The molecule has 8 aromatic rings. The molecule has 0 radical (unpaired) electrons. The molecule has 0 aliphatic heterocycles. The fourth-order valence-corrected chi connectivity index (χ4v) is 6.34. The summed E-state index contributed by atoms with van der Waals surface area (Å²) in [5.41, 5.74) is 12.8. The number of pyridine rings is 1. The second-order valence-corrected chi connectivity index (χ2v) is 11.5. The van der Waals surface area contributed by atoms with Crippen molar-refractivity contribution in [1.29, 1.82) is 5.26 Å². The maximum absolute atomic E-state index is 9.48. The summed E-state index contributed by atoms with van der Waals surface area (Å²) in [6, 6.07) is 61.5. The fraction of sp³-hybridized carbons (Fsp3) is 0. The first-order valence-corrected chi connectivity index (χ1v) is 15.4. The Bertz CT molecular complexity index is 2370. The van der Waals surface area contributed by atoms with Crippen LogP contribution in [0.1, 0.15) is 5.56 Å². The van der Waals surface area contributed by atoms with E-state index in [4.69, 9.17) is 4.98 Å². The van der Waals surface area contributed by atoms with Crippen molar-refractivity contribution in [3.05, 3.63) is 175 Å². The summed E-state index contributed by atoms with van der Waals surface area (Å²) in [6.45, 7) is 0. The lowest BCUT2D eigenvalue weighted by Crippen LogP contribution is -1.93. The fourth-order valence-electron chi connectivity index (χ4n) is 6.34.